The van der Waals surface area contributed by atoms with Crippen LogP contribution >= 0.6 is 0 Å². The third-order valence-electron chi connectivity index (χ3n) is 16.5. The minimum atomic E-state index is -0.709. The minimum absolute atomic E-state index is 0.0515. The highest BCUT2D eigenvalue weighted by molar-refractivity contribution is 5.73. The van der Waals surface area contributed by atoms with Crippen LogP contribution in [0.5, 0.6) is 5.75 Å². The van der Waals surface area contributed by atoms with E-state index in [0.29, 0.717) is 30.0 Å². The molecule has 0 heterocycles. The Morgan fingerprint density at radius 3 is 2.42 bits per heavy atom. The van der Waals surface area contributed by atoms with Crippen LogP contribution in [0.25, 0.3) is 0 Å². The maximum atomic E-state index is 13.6. The van der Waals surface area contributed by atoms with Gasteiger partial charge in [0, 0.05) is 5.41 Å². The van der Waals surface area contributed by atoms with E-state index >= 15 is 0 Å². The second-order valence-corrected chi connectivity index (χ2v) is 19.8. The number of aromatic hydroxyl groups is 1. The summed E-state index contributed by atoms with van der Waals surface area (Å²) in [6.45, 7) is 0.573. The summed E-state index contributed by atoms with van der Waals surface area (Å²) in [6.07, 6.45) is 34.1. The van der Waals surface area contributed by atoms with Gasteiger partial charge in [0.2, 0.25) is 0 Å². The number of aliphatic hydroxyl groups excluding tert-OH is 1. The molecular weight excluding hydrogens is 739 g/mol. The number of carbonyl (C=O) groups is 1. The van der Waals surface area contributed by atoms with Crippen LogP contribution < -0.4 is 5.73 Å². The Labute approximate surface area is 360 Å². The molecule has 6 aliphatic carbocycles. The van der Waals surface area contributed by atoms with Gasteiger partial charge in [0.25, 0.3) is 0 Å². The summed E-state index contributed by atoms with van der Waals surface area (Å²) in [4.78, 5) is 13.6. The third-order valence-corrected chi connectivity index (χ3v) is 16.5. The van der Waals surface area contributed by atoms with E-state index in [2.05, 4.69) is 85.0 Å². The average Bonchev–Trinajstić information content (AvgIpc) is 3.27. The lowest BCUT2D eigenvalue weighted by Gasteiger charge is -2.64. The SMILES string of the molecule is NCC1C=CC(C(=O)O)C2C1C1(CC(CC=CCCC3CCCCC3)CCc3cccc(CO)c3)C=CC2C2(c3ccccc3)CCCC(Cc3cccc(O)c3)C2CC1. The first-order chi connectivity index (χ1) is 29.3. The lowest BCUT2D eigenvalue weighted by molar-refractivity contribution is -0.149. The van der Waals surface area contributed by atoms with Crippen molar-refractivity contribution in [2.24, 2.45) is 64.4 Å². The van der Waals surface area contributed by atoms with Gasteiger partial charge in [0.15, 0.2) is 0 Å². The Morgan fingerprint density at radius 1 is 0.833 bits per heavy atom. The summed E-state index contributed by atoms with van der Waals surface area (Å²) in [5, 5.41) is 31.7. The fourth-order valence-electron chi connectivity index (χ4n) is 14.0. The molecule has 5 heteroatoms. The zero-order chi connectivity index (χ0) is 41.5. The molecule has 60 heavy (non-hydrogen) atoms. The number of allylic oxidation sites excluding steroid dienone is 4. The highest BCUT2D eigenvalue weighted by atomic mass is 16.4. The fraction of sp³-hybridized carbons (Fsp3) is 0.545. The summed E-state index contributed by atoms with van der Waals surface area (Å²) >= 11 is 0. The average molecular weight is 810 g/mol. The van der Waals surface area contributed by atoms with Gasteiger partial charge in [-0.1, -0.05) is 142 Å². The second-order valence-electron chi connectivity index (χ2n) is 19.8. The number of hydrogen-bond acceptors (Lipinski definition) is 4. The Bertz CT molecular complexity index is 1960. The van der Waals surface area contributed by atoms with Crippen molar-refractivity contribution in [3.8, 4) is 5.75 Å². The molecule has 5 nitrogen and oxygen atoms in total. The number of hydrogen-bond donors (Lipinski definition) is 4. The fourth-order valence-corrected chi connectivity index (χ4v) is 14.0. The number of nitrogens with two attached hydrogens (primary N) is 1. The minimum Gasteiger partial charge on any atom is -0.508 e. The highest BCUT2D eigenvalue weighted by Gasteiger charge is 2.63. The molecule has 3 saturated carbocycles. The zero-order valence-electron chi connectivity index (χ0n) is 35.9. The number of aliphatic carboxylic acids is 1. The molecule has 9 rings (SSSR count). The molecule has 2 bridgehead atoms. The normalized spacial score (nSPS) is 31.9. The van der Waals surface area contributed by atoms with Crippen molar-refractivity contribution < 1.29 is 20.1 Å². The molecular formula is C55H71NO4. The molecule has 6 aliphatic rings. The van der Waals surface area contributed by atoms with E-state index in [-0.39, 0.29) is 41.1 Å². The molecule has 3 fully saturated rings. The summed E-state index contributed by atoms with van der Waals surface area (Å²) in [7, 11) is 0. The van der Waals surface area contributed by atoms with Crippen LogP contribution in [0.3, 0.4) is 0 Å². The van der Waals surface area contributed by atoms with Crippen LogP contribution in [-0.2, 0) is 29.7 Å². The van der Waals surface area contributed by atoms with E-state index in [4.69, 9.17) is 5.73 Å². The maximum absolute atomic E-state index is 13.6. The highest BCUT2D eigenvalue weighted by Crippen LogP contribution is 2.67. The first-order valence-electron chi connectivity index (χ1n) is 23.8. The molecule has 0 amide bonds. The lowest BCUT2D eigenvalue weighted by Crippen LogP contribution is -2.61. The van der Waals surface area contributed by atoms with Crippen molar-refractivity contribution in [3.05, 3.63) is 138 Å². The van der Waals surface area contributed by atoms with Crippen molar-refractivity contribution in [2.45, 2.75) is 121 Å². The first kappa shape index (κ1) is 42.7. The van der Waals surface area contributed by atoms with Crippen molar-refractivity contribution in [2.75, 3.05) is 6.54 Å². The number of benzene rings is 3. The van der Waals surface area contributed by atoms with Crippen molar-refractivity contribution in [3.63, 3.8) is 0 Å². The molecule has 0 aromatic heterocycles. The number of carboxylic acids is 1. The van der Waals surface area contributed by atoms with E-state index in [1.807, 2.05) is 24.3 Å². The predicted octanol–water partition coefficient (Wildman–Crippen LogP) is 11.8. The monoisotopic (exact) mass is 810 g/mol. The molecule has 3 aromatic carbocycles. The van der Waals surface area contributed by atoms with E-state index in [9.17, 15) is 20.1 Å². The number of phenols is 1. The van der Waals surface area contributed by atoms with Crippen LogP contribution in [0.4, 0.5) is 0 Å². The summed E-state index contributed by atoms with van der Waals surface area (Å²) in [6, 6.07) is 27.5. The second kappa shape index (κ2) is 19.4. The number of carboxylic acid groups (broad SMARTS) is 1. The summed E-state index contributed by atoms with van der Waals surface area (Å²) in [5.74, 6) is 1.35. The van der Waals surface area contributed by atoms with Gasteiger partial charge in [-0.05, 0) is 164 Å². The molecule has 0 spiro atoms. The molecule has 320 valence electrons. The van der Waals surface area contributed by atoms with Gasteiger partial charge < -0.3 is 21.1 Å². The van der Waals surface area contributed by atoms with Gasteiger partial charge in [-0.15, -0.1) is 0 Å². The van der Waals surface area contributed by atoms with Crippen LogP contribution in [0, 0.1) is 58.7 Å². The topological polar surface area (TPSA) is 104 Å². The number of fused-ring (bicyclic) bond motifs is 1. The van der Waals surface area contributed by atoms with Crippen molar-refractivity contribution in [1.82, 2.24) is 0 Å². The standard InChI is InChI=1S/C55H71NO4/c56-37-45-26-27-48(53(59)60)51-50-29-32-54(52(45)51,36-41(25-24-40-17-10-19-43(33-40)38-57)16-7-2-6-15-39-13-4-1-5-14-39)31-28-49-44(34-42-18-11-23-47(58)35-42)20-12-30-55(49,50)46-21-8-3-9-22-46/h2-3,7-11,17-19,21-23,26-27,29,32-33,35,39,41,44-45,48-52,57-58H,1,4-6,12-16,20,24-25,28,30-31,34,36-38,56H2,(H,59,60). The Morgan fingerprint density at radius 2 is 1.63 bits per heavy atom. The summed E-state index contributed by atoms with van der Waals surface area (Å²) in [5.41, 5.74) is 11.2. The number of phenolic OH excluding ortho intramolecular Hbond substituents is 1. The van der Waals surface area contributed by atoms with Gasteiger partial charge in [-0.25, -0.2) is 0 Å². The van der Waals surface area contributed by atoms with Gasteiger partial charge in [-0.3, -0.25) is 4.79 Å². The van der Waals surface area contributed by atoms with Crippen LogP contribution in [0.1, 0.15) is 119 Å². The largest absolute Gasteiger partial charge is 0.508 e. The first-order valence-corrected chi connectivity index (χ1v) is 23.8. The van der Waals surface area contributed by atoms with Gasteiger partial charge in [0.1, 0.15) is 5.75 Å². The van der Waals surface area contributed by atoms with E-state index in [0.717, 1.165) is 82.1 Å². The van der Waals surface area contributed by atoms with Crippen molar-refractivity contribution >= 4 is 5.97 Å². The van der Waals surface area contributed by atoms with Gasteiger partial charge in [-0.2, -0.15) is 0 Å². The lowest BCUT2D eigenvalue weighted by atomic mass is 9.39. The molecule has 0 radical (unpaired) electrons. The Kier molecular flexibility index (Phi) is 13.8. The number of aryl methyl sites for hydroxylation is 1. The van der Waals surface area contributed by atoms with E-state index < -0.39 is 11.9 Å². The van der Waals surface area contributed by atoms with Crippen LogP contribution in [0.2, 0.25) is 0 Å². The molecule has 0 saturated heterocycles. The van der Waals surface area contributed by atoms with Crippen LogP contribution in [-0.4, -0.2) is 27.8 Å². The van der Waals surface area contributed by atoms with Crippen molar-refractivity contribution in [1.29, 1.82) is 0 Å². The molecule has 10 atom stereocenters. The van der Waals surface area contributed by atoms with Crippen LogP contribution in [0.15, 0.2) is 115 Å². The Balaban J connectivity index is 1.19. The molecule has 10 unspecified atom stereocenters. The molecule has 5 N–H and O–H groups in total. The predicted molar refractivity (Wildman–Crippen MR) is 243 cm³/mol. The van der Waals surface area contributed by atoms with Gasteiger partial charge in [0.05, 0.1) is 12.5 Å². The number of aliphatic hydroxyl groups is 1. The maximum Gasteiger partial charge on any atom is 0.310 e. The van der Waals surface area contributed by atoms with E-state index in [1.54, 1.807) is 6.07 Å². The Hall–Kier alpha value is -3.93. The zero-order valence-corrected chi connectivity index (χ0v) is 35.9. The number of rotatable bonds is 16. The van der Waals surface area contributed by atoms with E-state index in [1.165, 1.54) is 55.2 Å². The van der Waals surface area contributed by atoms with Gasteiger partial charge >= 0.3 is 5.97 Å². The molecule has 0 aliphatic heterocycles. The smallest absolute Gasteiger partial charge is 0.310 e. The quantitative estimate of drug-likeness (QED) is 0.108. The third kappa shape index (κ3) is 9.00. The molecule has 3 aromatic rings. The summed E-state index contributed by atoms with van der Waals surface area (Å²) < 4.78 is 0.